The molecular weight excluding hydrogens is 513 g/mol. The predicted molar refractivity (Wildman–Crippen MR) is 149 cm³/mol. The van der Waals surface area contributed by atoms with Gasteiger partial charge in [-0.1, -0.05) is 44.2 Å². The number of anilines is 2. The molecule has 0 amide bonds. The molecule has 0 bridgehead atoms. The first-order valence-electron chi connectivity index (χ1n) is 11.8. The van der Waals surface area contributed by atoms with Gasteiger partial charge in [0.2, 0.25) is 0 Å². The second-order valence-corrected chi connectivity index (χ2v) is 9.25. The van der Waals surface area contributed by atoms with Crippen LogP contribution in [-0.2, 0) is 13.6 Å². The number of aromatic nitrogens is 2. The summed E-state index contributed by atoms with van der Waals surface area (Å²) in [7, 11) is 1.85. The minimum absolute atomic E-state index is 0.271. The summed E-state index contributed by atoms with van der Waals surface area (Å²) in [5.74, 6) is 0.0843. The maximum Gasteiger partial charge on any atom is 0.573 e. The highest BCUT2D eigenvalue weighted by atomic mass is 32.1. The molecule has 38 heavy (non-hydrogen) atoms. The van der Waals surface area contributed by atoms with Gasteiger partial charge in [0.05, 0.1) is 24.0 Å². The summed E-state index contributed by atoms with van der Waals surface area (Å²) in [6.07, 6.45) is -3.04. The van der Waals surface area contributed by atoms with E-state index in [-0.39, 0.29) is 5.75 Å². The van der Waals surface area contributed by atoms with Crippen molar-refractivity contribution in [1.82, 2.24) is 15.2 Å². The Balaban J connectivity index is 1.37. The van der Waals surface area contributed by atoms with Crippen molar-refractivity contribution < 1.29 is 17.9 Å². The lowest BCUT2D eigenvalue weighted by Crippen LogP contribution is -2.24. The van der Waals surface area contributed by atoms with Crippen LogP contribution in [0, 0.1) is 0 Å². The number of hydrogen-bond acceptors (Lipinski definition) is 5. The van der Waals surface area contributed by atoms with E-state index in [1.54, 1.807) is 10.9 Å². The summed E-state index contributed by atoms with van der Waals surface area (Å²) in [6, 6.07) is 19.4. The Labute approximate surface area is 223 Å². The van der Waals surface area contributed by atoms with Gasteiger partial charge in [-0.3, -0.25) is 10.1 Å². The van der Waals surface area contributed by atoms with Crippen LogP contribution >= 0.6 is 12.2 Å². The Hall–Kier alpha value is -4.12. The van der Waals surface area contributed by atoms with Gasteiger partial charge in [-0.25, -0.2) is 0 Å². The van der Waals surface area contributed by atoms with Crippen LogP contribution in [-0.4, -0.2) is 27.5 Å². The van der Waals surface area contributed by atoms with Gasteiger partial charge in [-0.2, -0.15) is 10.2 Å². The number of thiocarbonyl (C=S) groups is 1. The Bertz CT molecular complexity index is 1450. The SMILES string of the molecule is CC(C)c1ccccc1NC(=S)N/N=C/c1ccc2c(CNc3ccc(OC(F)(F)F)cc3)nn(C)c2c1. The Kier molecular flexibility index (Phi) is 8.16. The Morgan fingerprint density at radius 3 is 2.55 bits per heavy atom. The van der Waals surface area contributed by atoms with Gasteiger partial charge >= 0.3 is 6.36 Å². The quantitative estimate of drug-likeness (QED) is 0.134. The monoisotopic (exact) mass is 540 g/mol. The lowest BCUT2D eigenvalue weighted by Gasteiger charge is -2.14. The molecule has 0 aliphatic carbocycles. The molecule has 0 saturated heterocycles. The van der Waals surface area contributed by atoms with Crippen molar-refractivity contribution in [3.8, 4) is 5.75 Å². The van der Waals surface area contributed by atoms with Crippen molar-refractivity contribution in [3.63, 3.8) is 0 Å². The van der Waals surface area contributed by atoms with Gasteiger partial charge in [0.15, 0.2) is 5.11 Å². The summed E-state index contributed by atoms with van der Waals surface area (Å²) in [6.45, 7) is 4.64. The van der Waals surface area contributed by atoms with E-state index >= 15 is 0 Å². The standard InChI is InChI=1S/C27H27F3N6OS/c1-17(2)21-6-4-5-7-23(21)33-26(38)34-32-15-18-8-13-22-24(35-36(3)25(22)14-18)16-31-19-9-11-20(12-10-19)37-27(28,29)30/h4-15,17,31H,16H2,1-3H3,(H2,33,34,38)/b32-15+. The van der Waals surface area contributed by atoms with Crippen LogP contribution in [0.15, 0.2) is 71.8 Å². The van der Waals surface area contributed by atoms with Crippen LogP contribution in [0.25, 0.3) is 10.9 Å². The van der Waals surface area contributed by atoms with Crippen LogP contribution in [0.4, 0.5) is 24.5 Å². The van der Waals surface area contributed by atoms with Gasteiger partial charge in [0, 0.05) is 23.8 Å². The number of ether oxygens (including phenoxy) is 1. The first kappa shape index (κ1) is 26.9. The van der Waals surface area contributed by atoms with Crippen molar-refractivity contribution in [3.05, 3.63) is 83.6 Å². The molecule has 0 radical (unpaired) electrons. The Morgan fingerprint density at radius 2 is 1.84 bits per heavy atom. The first-order chi connectivity index (χ1) is 18.1. The van der Waals surface area contributed by atoms with Crippen molar-refractivity contribution in [1.29, 1.82) is 0 Å². The largest absolute Gasteiger partial charge is 0.573 e. The third-order valence-corrected chi connectivity index (χ3v) is 5.90. The van der Waals surface area contributed by atoms with Crippen molar-refractivity contribution in [2.45, 2.75) is 32.7 Å². The van der Waals surface area contributed by atoms with E-state index in [1.165, 1.54) is 29.8 Å². The molecular formula is C27H27F3N6OS. The van der Waals surface area contributed by atoms with E-state index in [4.69, 9.17) is 12.2 Å². The third-order valence-electron chi connectivity index (χ3n) is 5.71. The van der Waals surface area contributed by atoms with E-state index < -0.39 is 6.36 Å². The van der Waals surface area contributed by atoms with Crippen LogP contribution in [0.2, 0.25) is 0 Å². The molecule has 3 N–H and O–H groups in total. The van der Waals surface area contributed by atoms with E-state index in [2.05, 4.69) is 50.9 Å². The summed E-state index contributed by atoms with van der Waals surface area (Å²) < 4.78 is 42.7. The molecule has 4 aromatic rings. The number of alkyl halides is 3. The van der Waals surface area contributed by atoms with E-state index in [0.29, 0.717) is 23.3 Å². The first-order valence-corrected chi connectivity index (χ1v) is 12.2. The number of halogens is 3. The summed E-state index contributed by atoms with van der Waals surface area (Å²) in [5, 5.41) is 16.5. The highest BCUT2D eigenvalue weighted by Crippen LogP contribution is 2.25. The minimum atomic E-state index is -4.72. The molecule has 0 aliphatic heterocycles. The van der Waals surface area contributed by atoms with Gasteiger partial charge in [0.25, 0.3) is 0 Å². The van der Waals surface area contributed by atoms with Crippen molar-refractivity contribution in [2.24, 2.45) is 12.1 Å². The fourth-order valence-corrected chi connectivity index (χ4v) is 4.11. The summed E-state index contributed by atoms with van der Waals surface area (Å²) in [5.41, 5.74) is 8.18. The zero-order valence-electron chi connectivity index (χ0n) is 21.0. The zero-order valence-corrected chi connectivity index (χ0v) is 21.8. The maximum absolute atomic E-state index is 12.3. The lowest BCUT2D eigenvalue weighted by atomic mass is 10.0. The van der Waals surface area contributed by atoms with Gasteiger partial charge in [-0.05, 0) is 65.7 Å². The minimum Gasteiger partial charge on any atom is -0.406 e. The average molecular weight is 541 g/mol. The van der Waals surface area contributed by atoms with Crippen LogP contribution in [0.5, 0.6) is 5.75 Å². The molecule has 7 nitrogen and oxygen atoms in total. The number of rotatable bonds is 8. The molecule has 0 spiro atoms. The molecule has 198 valence electrons. The topological polar surface area (TPSA) is 75.5 Å². The van der Waals surface area contributed by atoms with Gasteiger partial charge in [0.1, 0.15) is 5.75 Å². The number of fused-ring (bicyclic) bond motifs is 1. The van der Waals surface area contributed by atoms with E-state index in [9.17, 15) is 13.2 Å². The fraction of sp³-hybridized carbons (Fsp3) is 0.222. The molecule has 1 aromatic heterocycles. The second-order valence-electron chi connectivity index (χ2n) is 8.84. The number of aryl methyl sites for hydroxylation is 1. The lowest BCUT2D eigenvalue weighted by molar-refractivity contribution is -0.274. The molecule has 0 fully saturated rings. The maximum atomic E-state index is 12.3. The third kappa shape index (κ3) is 7.00. The number of benzene rings is 3. The average Bonchev–Trinajstić information content (AvgIpc) is 3.17. The molecule has 11 heteroatoms. The van der Waals surface area contributed by atoms with Crippen LogP contribution in [0.3, 0.4) is 0 Å². The van der Waals surface area contributed by atoms with E-state index in [0.717, 1.165) is 27.8 Å². The molecule has 1 heterocycles. The zero-order chi connectivity index (χ0) is 27.3. The number of nitrogens with zero attached hydrogens (tertiary/aromatic N) is 3. The summed E-state index contributed by atoms with van der Waals surface area (Å²) in [4.78, 5) is 0. The highest BCUT2D eigenvalue weighted by molar-refractivity contribution is 7.80. The van der Waals surface area contributed by atoms with Gasteiger partial charge < -0.3 is 15.4 Å². The molecule has 0 aliphatic rings. The van der Waals surface area contributed by atoms with Crippen molar-refractivity contribution >= 4 is 45.8 Å². The molecule has 3 aromatic carbocycles. The molecule has 0 unspecified atom stereocenters. The van der Waals surface area contributed by atoms with Gasteiger partial charge in [-0.15, -0.1) is 13.2 Å². The highest BCUT2D eigenvalue weighted by Gasteiger charge is 2.30. The molecule has 0 atom stereocenters. The number of hydrazone groups is 1. The Morgan fingerprint density at radius 1 is 1.11 bits per heavy atom. The van der Waals surface area contributed by atoms with Crippen LogP contribution in [0.1, 0.15) is 36.6 Å². The second kappa shape index (κ2) is 11.5. The molecule has 0 saturated carbocycles. The van der Waals surface area contributed by atoms with Crippen molar-refractivity contribution in [2.75, 3.05) is 10.6 Å². The normalized spacial score (nSPS) is 11.8. The number of nitrogens with one attached hydrogen (secondary N) is 3. The summed E-state index contributed by atoms with van der Waals surface area (Å²) >= 11 is 5.38. The van der Waals surface area contributed by atoms with E-state index in [1.807, 2.05) is 43.4 Å². The fourth-order valence-electron chi connectivity index (χ4n) is 3.95. The smallest absolute Gasteiger partial charge is 0.406 e. The van der Waals surface area contributed by atoms with Crippen LogP contribution < -0.4 is 20.8 Å². The number of para-hydroxylation sites is 1. The number of hydrogen-bond donors (Lipinski definition) is 3. The molecule has 4 rings (SSSR count). The predicted octanol–water partition coefficient (Wildman–Crippen LogP) is 6.53.